The Morgan fingerprint density at radius 3 is 2.68 bits per heavy atom. The van der Waals surface area contributed by atoms with Gasteiger partial charge in [-0.25, -0.2) is 8.42 Å². The molecule has 0 unspecified atom stereocenters. The molecule has 2 aromatic carbocycles. The van der Waals surface area contributed by atoms with Gasteiger partial charge < -0.3 is 19.7 Å². The van der Waals surface area contributed by atoms with Gasteiger partial charge in [-0.15, -0.1) is 0 Å². The highest BCUT2D eigenvalue weighted by Crippen LogP contribution is 2.39. The second kappa shape index (κ2) is 9.22. The average Bonchev–Trinajstić information content (AvgIpc) is 3.60. The Morgan fingerprint density at radius 1 is 1.15 bits per heavy atom. The molecule has 0 spiro atoms. The number of para-hydroxylation sites is 2. The molecule has 0 saturated heterocycles. The summed E-state index contributed by atoms with van der Waals surface area (Å²) in [6.45, 7) is 1.09. The topological polar surface area (TPSA) is 102 Å². The van der Waals surface area contributed by atoms with E-state index in [1.54, 1.807) is 23.1 Å². The van der Waals surface area contributed by atoms with Gasteiger partial charge >= 0.3 is 0 Å². The van der Waals surface area contributed by atoms with Crippen LogP contribution < -0.4 is 19.7 Å². The monoisotopic (exact) mass is 548 g/mol. The van der Waals surface area contributed by atoms with Crippen LogP contribution in [0.15, 0.2) is 45.8 Å². The third kappa shape index (κ3) is 4.79. The first-order chi connectivity index (χ1) is 16.3. The predicted octanol–water partition coefficient (Wildman–Crippen LogP) is 2.87. The SMILES string of the molecule is O=C(CCS(=O)(=O)c1cc2c(cc1Br)CCN2C(=O)C1CC1)NC[C@H]1COc2ccccc2O1. The van der Waals surface area contributed by atoms with E-state index in [0.29, 0.717) is 41.2 Å². The summed E-state index contributed by atoms with van der Waals surface area (Å²) in [5, 5.41) is 2.73. The van der Waals surface area contributed by atoms with E-state index in [9.17, 15) is 18.0 Å². The van der Waals surface area contributed by atoms with Gasteiger partial charge in [-0.1, -0.05) is 12.1 Å². The Balaban J connectivity index is 1.19. The normalized spacial score (nSPS) is 19.0. The van der Waals surface area contributed by atoms with Gasteiger partial charge in [-0.05, 0) is 65.0 Å². The van der Waals surface area contributed by atoms with E-state index in [-0.39, 0.29) is 47.5 Å². The van der Waals surface area contributed by atoms with Gasteiger partial charge in [-0.2, -0.15) is 0 Å². The molecule has 8 nitrogen and oxygen atoms in total. The van der Waals surface area contributed by atoms with Gasteiger partial charge in [0.1, 0.15) is 12.7 Å². The first kappa shape index (κ1) is 23.2. The molecule has 2 aliphatic heterocycles. The van der Waals surface area contributed by atoms with Crippen molar-refractivity contribution in [1.29, 1.82) is 0 Å². The molecular weight excluding hydrogens is 524 g/mol. The largest absolute Gasteiger partial charge is 0.486 e. The summed E-state index contributed by atoms with van der Waals surface area (Å²) < 4.78 is 38.0. The average molecular weight is 549 g/mol. The van der Waals surface area contributed by atoms with Crippen molar-refractivity contribution < 1.29 is 27.5 Å². The lowest BCUT2D eigenvalue weighted by Gasteiger charge is -2.26. The lowest BCUT2D eigenvalue weighted by molar-refractivity contribution is -0.121. The van der Waals surface area contributed by atoms with Crippen molar-refractivity contribution >= 4 is 43.3 Å². The van der Waals surface area contributed by atoms with Gasteiger partial charge in [0.2, 0.25) is 11.8 Å². The molecule has 2 aromatic rings. The minimum Gasteiger partial charge on any atom is -0.486 e. The van der Waals surface area contributed by atoms with E-state index < -0.39 is 9.84 Å². The third-order valence-corrected chi connectivity index (χ3v) is 8.92. The van der Waals surface area contributed by atoms with Gasteiger partial charge in [-0.3, -0.25) is 9.59 Å². The predicted molar refractivity (Wildman–Crippen MR) is 129 cm³/mol. The molecule has 34 heavy (non-hydrogen) atoms. The number of ether oxygens (including phenoxy) is 2. The van der Waals surface area contributed by atoms with Crippen molar-refractivity contribution in [3.63, 3.8) is 0 Å². The van der Waals surface area contributed by atoms with E-state index in [2.05, 4.69) is 21.2 Å². The number of anilines is 1. The van der Waals surface area contributed by atoms with Crippen molar-refractivity contribution in [2.24, 2.45) is 5.92 Å². The van der Waals surface area contributed by atoms with Crippen LogP contribution in [0.25, 0.3) is 0 Å². The van der Waals surface area contributed by atoms with Crippen molar-refractivity contribution in [1.82, 2.24) is 5.32 Å². The van der Waals surface area contributed by atoms with Crippen LogP contribution in [0.2, 0.25) is 0 Å². The highest BCUT2D eigenvalue weighted by molar-refractivity contribution is 9.10. The zero-order valence-corrected chi connectivity index (χ0v) is 20.9. The van der Waals surface area contributed by atoms with E-state index in [1.807, 2.05) is 18.2 Å². The van der Waals surface area contributed by atoms with E-state index in [4.69, 9.17) is 9.47 Å². The van der Waals surface area contributed by atoms with Gasteiger partial charge in [0.05, 0.1) is 17.2 Å². The standard InChI is InChI=1S/C24H25BrN2O6S/c25-18-11-16-7-9-27(24(29)15-5-6-15)19(16)12-22(18)34(30,31)10-8-23(28)26-13-17-14-32-20-3-1-2-4-21(20)33-17/h1-4,11-12,15,17H,5-10,13-14H2,(H,26,28)/t17-/m0/s1. The highest BCUT2D eigenvalue weighted by Gasteiger charge is 2.37. The molecule has 5 rings (SSSR count). The quantitative estimate of drug-likeness (QED) is 0.570. The van der Waals surface area contributed by atoms with Crippen LogP contribution >= 0.6 is 15.9 Å². The summed E-state index contributed by atoms with van der Waals surface area (Å²) in [6, 6.07) is 10.7. The number of fused-ring (bicyclic) bond motifs is 2. The van der Waals surface area contributed by atoms with Crippen molar-refractivity contribution in [3.05, 3.63) is 46.4 Å². The molecule has 0 radical (unpaired) electrons. The highest BCUT2D eigenvalue weighted by atomic mass is 79.9. The van der Waals surface area contributed by atoms with Crippen LogP contribution in [0.5, 0.6) is 11.5 Å². The van der Waals surface area contributed by atoms with Crippen LogP contribution in [-0.4, -0.2) is 51.8 Å². The van der Waals surface area contributed by atoms with Crippen LogP contribution in [0.1, 0.15) is 24.8 Å². The first-order valence-corrected chi connectivity index (χ1v) is 13.8. The zero-order valence-electron chi connectivity index (χ0n) is 18.5. The summed E-state index contributed by atoms with van der Waals surface area (Å²) in [5.41, 5.74) is 1.62. The molecule has 3 aliphatic rings. The first-order valence-electron chi connectivity index (χ1n) is 11.3. The molecule has 180 valence electrons. The van der Waals surface area contributed by atoms with Crippen LogP contribution in [0.3, 0.4) is 0 Å². The minimum atomic E-state index is -3.75. The molecule has 1 saturated carbocycles. The number of benzene rings is 2. The number of halogens is 1. The fourth-order valence-electron chi connectivity index (χ4n) is 4.22. The van der Waals surface area contributed by atoms with E-state index >= 15 is 0 Å². The number of hydrogen-bond acceptors (Lipinski definition) is 6. The molecule has 1 aliphatic carbocycles. The Hall–Kier alpha value is -2.59. The Bertz CT molecular complexity index is 1240. The minimum absolute atomic E-state index is 0.0605. The molecule has 1 atom stereocenters. The maximum Gasteiger partial charge on any atom is 0.230 e. The molecule has 10 heteroatoms. The van der Waals surface area contributed by atoms with Crippen LogP contribution in [-0.2, 0) is 25.8 Å². The van der Waals surface area contributed by atoms with Crippen molar-refractivity contribution in [2.45, 2.75) is 36.7 Å². The number of nitrogens with zero attached hydrogens (tertiary/aromatic N) is 1. The fraction of sp³-hybridized carbons (Fsp3) is 0.417. The molecule has 1 N–H and O–H groups in total. The number of hydrogen-bond donors (Lipinski definition) is 1. The summed E-state index contributed by atoms with van der Waals surface area (Å²) in [7, 11) is -3.75. The summed E-state index contributed by atoms with van der Waals surface area (Å²) in [4.78, 5) is 26.8. The number of amides is 2. The van der Waals surface area contributed by atoms with E-state index in [1.165, 1.54) is 0 Å². The number of carbonyl (C=O) groups excluding carboxylic acids is 2. The number of sulfone groups is 1. The van der Waals surface area contributed by atoms with Gasteiger partial charge in [0.15, 0.2) is 21.3 Å². The summed E-state index contributed by atoms with van der Waals surface area (Å²) in [6.07, 6.45) is 1.96. The maximum atomic E-state index is 13.1. The Labute approximate surface area is 206 Å². The smallest absolute Gasteiger partial charge is 0.230 e. The van der Waals surface area contributed by atoms with Crippen LogP contribution in [0, 0.1) is 5.92 Å². The molecule has 0 bridgehead atoms. The Kier molecular flexibility index (Phi) is 6.28. The third-order valence-electron chi connectivity index (χ3n) is 6.25. The fourth-order valence-corrected chi connectivity index (χ4v) is 6.67. The molecular formula is C24H25BrN2O6S. The zero-order chi connectivity index (χ0) is 23.9. The lowest BCUT2D eigenvalue weighted by Crippen LogP contribution is -2.41. The summed E-state index contributed by atoms with van der Waals surface area (Å²) in [5.74, 6) is 0.691. The summed E-state index contributed by atoms with van der Waals surface area (Å²) >= 11 is 3.37. The van der Waals surface area contributed by atoms with Crippen molar-refractivity contribution in [2.75, 3.05) is 30.3 Å². The second-order valence-corrected chi connectivity index (χ2v) is 11.7. The Morgan fingerprint density at radius 2 is 1.91 bits per heavy atom. The molecule has 2 amide bonds. The lowest BCUT2D eigenvalue weighted by atomic mass is 10.2. The van der Waals surface area contributed by atoms with Crippen molar-refractivity contribution in [3.8, 4) is 11.5 Å². The van der Waals surface area contributed by atoms with Crippen LogP contribution in [0.4, 0.5) is 5.69 Å². The van der Waals surface area contributed by atoms with Gasteiger partial charge in [0, 0.05) is 29.0 Å². The second-order valence-electron chi connectivity index (χ2n) is 8.80. The number of carbonyl (C=O) groups is 2. The van der Waals surface area contributed by atoms with Gasteiger partial charge in [0.25, 0.3) is 0 Å². The molecule has 0 aromatic heterocycles. The maximum absolute atomic E-state index is 13.1. The molecule has 1 fully saturated rings. The number of nitrogens with one attached hydrogen (secondary N) is 1. The molecule has 2 heterocycles. The van der Waals surface area contributed by atoms with E-state index in [0.717, 1.165) is 18.4 Å². The number of rotatable bonds is 7.